The first kappa shape index (κ1) is 37.2. The second-order valence-corrected chi connectivity index (χ2v) is 15.4. The molecule has 9 rings (SSSR count). The lowest BCUT2D eigenvalue weighted by atomic mass is 9.92. The van der Waals surface area contributed by atoms with E-state index in [9.17, 15) is 14.3 Å². The Morgan fingerprint density at radius 3 is 2.42 bits per heavy atom. The summed E-state index contributed by atoms with van der Waals surface area (Å²) in [7, 11) is 0. The number of nitrogens with zero attached hydrogens (tertiary/aromatic N) is 4. The molecule has 0 bridgehead atoms. The van der Waals surface area contributed by atoms with Gasteiger partial charge in [-0.2, -0.15) is 0 Å². The summed E-state index contributed by atoms with van der Waals surface area (Å²) < 4.78 is 49.2. The first-order valence-corrected chi connectivity index (χ1v) is 19.7. The molecule has 0 aliphatic carbocycles. The minimum atomic E-state index is -1.14. The Bertz CT molecular complexity index is 2360. The number of halogens is 3. The van der Waals surface area contributed by atoms with Crippen LogP contribution < -0.4 is 14.4 Å². The van der Waals surface area contributed by atoms with Crippen molar-refractivity contribution in [2.24, 2.45) is 0 Å². The number of aromatic hydroxyl groups is 1. The third-order valence-electron chi connectivity index (χ3n) is 11.6. The minimum absolute atomic E-state index is 0.0138. The van der Waals surface area contributed by atoms with E-state index in [0.29, 0.717) is 85.3 Å². The number of ether oxygens (including phenoxy) is 3. The summed E-state index contributed by atoms with van der Waals surface area (Å²) in [6, 6.07) is 21.7. The lowest BCUT2D eigenvalue weighted by Gasteiger charge is -2.40. The third kappa shape index (κ3) is 7.11. The maximum atomic E-state index is 15.3. The molecule has 0 saturated carbocycles. The number of phenols is 1. The molecule has 2 amide bonds. The maximum Gasteiger partial charge on any atom is 0.260 e. The SMILES string of the molecule is O=C(c1cc(-c2cc3c(cc2C(=O)N2Cc4ccccc4C[C@H]2CN2CCOCC2)OCO3)n2c1CCCC2)N(Cc1c(Cl)ccc(F)c1F)c1ccc(O)cc1. The van der Waals surface area contributed by atoms with Gasteiger partial charge in [-0.05, 0) is 91.4 Å². The highest BCUT2D eigenvalue weighted by Crippen LogP contribution is 2.43. The molecule has 57 heavy (non-hydrogen) atoms. The molecule has 4 aliphatic heterocycles. The standard InChI is InChI=1S/C44H41ClF2N4O6/c45-36-12-13-37(46)42(47)35(36)25-51(29-8-10-31(52)11-9-29)44(54)34-20-39(49-14-4-3-7-38(34)49)32-21-40-41(57-26-56-40)22-33(32)43(53)50-23-28-6-2-1-5-27(28)19-30(50)24-48-15-17-55-18-16-48/h1-2,5-6,8-13,20-22,30,52H,3-4,7,14-19,23-26H2/t30-/m0/s1. The number of carbonyl (C=O) groups is 2. The molecule has 1 aromatic heterocycles. The van der Waals surface area contributed by atoms with Gasteiger partial charge in [-0.15, -0.1) is 0 Å². The zero-order valence-corrected chi connectivity index (χ0v) is 31.9. The summed E-state index contributed by atoms with van der Waals surface area (Å²) in [6.07, 6.45) is 2.97. The summed E-state index contributed by atoms with van der Waals surface area (Å²) >= 11 is 6.40. The van der Waals surface area contributed by atoms with Crippen molar-refractivity contribution in [3.8, 4) is 28.5 Å². The smallest absolute Gasteiger partial charge is 0.260 e. The quantitative estimate of drug-likeness (QED) is 0.162. The monoisotopic (exact) mass is 794 g/mol. The molecular formula is C44H41ClF2N4O6. The van der Waals surface area contributed by atoms with Gasteiger partial charge in [0, 0.05) is 72.0 Å². The topological polar surface area (TPSA) is 96.7 Å². The molecule has 10 nitrogen and oxygen atoms in total. The van der Waals surface area contributed by atoms with Crippen molar-refractivity contribution >= 4 is 29.1 Å². The van der Waals surface area contributed by atoms with E-state index < -0.39 is 17.5 Å². The number of fused-ring (bicyclic) bond motifs is 3. The lowest BCUT2D eigenvalue weighted by Crippen LogP contribution is -2.52. The normalized spacial score (nSPS) is 17.6. The molecule has 294 valence electrons. The van der Waals surface area contributed by atoms with E-state index in [0.717, 1.165) is 43.3 Å². The highest BCUT2D eigenvalue weighted by atomic mass is 35.5. The second kappa shape index (κ2) is 15.5. The van der Waals surface area contributed by atoms with Crippen molar-refractivity contribution in [3.05, 3.63) is 129 Å². The van der Waals surface area contributed by atoms with Gasteiger partial charge in [-0.25, -0.2) is 8.78 Å². The average Bonchev–Trinajstić information content (AvgIpc) is 3.87. The Kier molecular flexibility index (Phi) is 10.1. The number of benzene rings is 4. The van der Waals surface area contributed by atoms with Crippen LogP contribution in [-0.4, -0.2) is 77.0 Å². The van der Waals surface area contributed by atoms with Crippen LogP contribution >= 0.6 is 11.6 Å². The van der Waals surface area contributed by atoms with Gasteiger partial charge >= 0.3 is 0 Å². The summed E-state index contributed by atoms with van der Waals surface area (Å²) in [5, 5.41) is 10.1. The zero-order valence-electron chi connectivity index (χ0n) is 31.2. The molecule has 0 spiro atoms. The Morgan fingerprint density at radius 1 is 0.877 bits per heavy atom. The van der Waals surface area contributed by atoms with Crippen LogP contribution in [0.15, 0.2) is 78.9 Å². The van der Waals surface area contributed by atoms with E-state index >= 15 is 9.18 Å². The Hall–Kier alpha value is -5.43. The summed E-state index contributed by atoms with van der Waals surface area (Å²) in [5.41, 5.74) is 5.33. The van der Waals surface area contributed by atoms with Crippen LogP contribution in [0.4, 0.5) is 14.5 Å². The number of hydrogen-bond donors (Lipinski definition) is 1. The molecule has 0 radical (unpaired) electrons. The molecule has 1 fully saturated rings. The molecular weight excluding hydrogens is 754 g/mol. The van der Waals surface area contributed by atoms with Crippen molar-refractivity contribution < 1.29 is 37.7 Å². The van der Waals surface area contributed by atoms with Crippen molar-refractivity contribution in [1.82, 2.24) is 14.4 Å². The fraction of sp³-hybridized carbons (Fsp3) is 0.318. The number of amides is 2. The Morgan fingerprint density at radius 2 is 1.63 bits per heavy atom. The molecule has 5 heterocycles. The Balaban J connectivity index is 1.14. The first-order valence-electron chi connectivity index (χ1n) is 19.3. The number of aromatic nitrogens is 1. The highest BCUT2D eigenvalue weighted by molar-refractivity contribution is 6.31. The molecule has 1 atom stereocenters. The van der Waals surface area contributed by atoms with Crippen LogP contribution in [0.25, 0.3) is 11.3 Å². The van der Waals surface area contributed by atoms with Crippen LogP contribution in [0.1, 0.15) is 55.9 Å². The second-order valence-electron chi connectivity index (χ2n) is 15.0. The zero-order chi connectivity index (χ0) is 39.2. The lowest BCUT2D eigenvalue weighted by molar-refractivity contribution is 0.0193. The number of rotatable bonds is 8. The molecule has 13 heteroatoms. The summed E-state index contributed by atoms with van der Waals surface area (Å²) in [6.45, 7) is 4.27. The van der Waals surface area contributed by atoms with Crippen molar-refractivity contribution in [2.75, 3.05) is 44.5 Å². The number of anilines is 1. The summed E-state index contributed by atoms with van der Waals surface area (Å²) in [5.74, 6) is -1.90. The molecule has 0 unspecified atom stereocenters. The van der Waals surface area contributed by atoms with Crippen molar-refractivity contribution in [1.29, 1.82) is 0 Å². The van der Waals surface area contributed by atoms with Crippen LogP contribution in [0.2, 0.25) is 5.02 Å². The van der Waals surface area contributed by atoms with Crippen molar-refractivity contribution in [2.45, 2.75) is 51.4 Å². The van der Waals surface area contributed by atoms with Gasteiger partial charge in [0.15, 0.2) is 23.1 Å². The van der Waals surface area contributed by atoms with Gasteiger partial charge in [-0.3, -0.25) is 14.5 Å². The summed E-state index contributed by atoms with van der Waals surface area (Å²) in [4.78, 5) is 35.8. The number of hydrogen-bond acceptors (Lipinski definition) is 7. The molecule has 5 aromatic rings. The fourth-order valence-electron chi connectivity index (χ4n) is 8.57. The molecule has 4 aliphatic rings. The van der Waals surface area contributed by atoms with E-state index in [2.05, 4.69) is 21.6 Å². The third-order valence-corrected chi connectivity index (χ3v) is 11.9. The average molecular weight is 795 g/mol. The molecule has 4 aromatic carbocycles. The number of morpholine rings is 1. The largest absolute Gasteiger partial charge is 0.508 e. The fourth-order valence-corrected chi connectivity index (χ4v) is 8.78. The van der Waals surface area contributed by atoms with E-state index in [-0.39, 0.29) is 41.6 Å². The van der Waals surface area contributed by atoms with Gasteiger partial charge < -0.3 is 33.7 Å². The first-order chi connectivity index (χ1) is 27.7. The maximum absolute atomic E-state index is 15.3. The van der Waals surface area contributed by atoms with Gasteiger partial charge in [-0.1, -0.05) is 35.9 Å². The number of carbonyl (C=O) groups excluding carboxylic acids is 2. The Labute approximate surface area is 333 Å². The van der Waals surface area contributed by atoms with E-state index in [4.69, 9.17) is 25.8 Å². The highest BCUT2D eigenvalue weighted by Gasteiger charge is 2.36. The van der Waals surface area contributed by atoms with Crippen LogP contribution in [0.5, 0.6) is 17.2 Å². The van der Waals surface area contributed by atoms with Gasteiger partial charge in [0.1, 0.15) is 5.75 Å². The van der Waals surface area contributed by atoms with Gasteiger partial charge in [0.25, 0.3) is 11.8 Å². The van der Waals surface area contributed by atoms with E-state index in [1.54, 1.807) is 24.3 Å². The molecule has 1 saturated heterocycles. The predicted molar refractivity (Wildman–Crippen MR) is 210 cm³/mol. The molecule has 1 N–H and O–H groups in total. The predicted octanol–water partition coefficient (Wildman–Crippen LogP) is 7.60. The minimum Gasteiger partial charge on any atom is -0.508 e. The van der Waals surface area contributed by atoms with E-state index in [1.165, 1.54) is 28.7 Å². The van der Waals surface area contributed by atoms with Crippen LogP contribution in [0.3, 0.4) is 0 Å². The number of phenolic OH excluding ortho intramolecular Hbond substituents is 1. The van der Waals surface area contributed by atoms with Crippen LogP contribution in [-0.2, 0) is 37.2 Å². The van der Waals surface area contributed by atoms with Gasteiger partial charge in [0.2, 0.25) is 6.79 Å². The van der Waals surface area contributed by atoms with Crippen molar-refractivity contribution in [3.63, 3.8) is 0 Å². The van der Waals surface area contributed by atoms with Gasteiger partial charge in [0.05, 0.1) is 30.9 Å². The van der Waals surface area contributed by atoms with E-state index in [1.807, 2.05) is 23.1 Å². The van der Waals surface area contributed by atoms with Crippen LogP contribution in [0, 0.1) is 11.6 Å².